The van der Waals surface area contributed by atoms with Gasteiger partial charge in [-0.3, -0.25) is 14.6 Å². The van der Waals surface area contributed by atoms with E-state index in [1.807, 2.05) is 36.4 Å². The van der Waals surface area contributed by atoms with Crippen LogP contribution in [-0.2, 0) is 17.6 Å². The number of rotatable bonds is 8. The summed E-state index contributed by atoms with van der Waals surface area (Å²) in [7, 11) is 1.56. The molecule has 2 heterocycles. The fraction of sp³-hybridized carbons (Fsp3) is 0.129. The van der Waals surface area contributed by atoms with E-state index < -0.39 is 17.7 Å². The van der Waals surface area contributed by atoms with Crippen LogP contribution in [-0.4, -0.2) is 28.8 Å². The van der Waals surface area contributed by atoms with Crippen LogP contribution < -0.4 is 10.6 Å². The van der Waals surface area contributed by atoms with E-state index in [0.29, 0.717) is 22.4 Å². The van der Waals surface area contributed by atoms with Gasteiger partial charge < -0.3 is 15.6 Å². The van der Waals surface area contributed by atoms with Crippen LogP contribution in [0.3, 0.4) is 0 Å². The van der Waals surface area contributed by atoms with Crippen molar-refractivity contribution in [2.24, 2.45) is 0 Å². The Morgan fingerprint density at radius 3 is 2.54 bits per heavy atom. The Morgan fingerprint density at radius 1 is 0.949 bits per heavy atom. The number of benzene rings is 3. The number of carbonyl (C=O) groups excluding carboxylic acids is 2. The van der Waals surface area contributed by atoms with Crippen LogP contribution in [0.5, 0.6) is 0 Å². The van der Waals surface area contributed by atoms with Crippen molar-refractivity contribution in [1.82, 2.24) is 20.6 Å². The van der Waals surface area contributed by atoms with Crippen molar-refractivity contribution in [2.45, 2.75) is 18.9 Å². The first-order chi connectivity index (χ1) is 18.9. The Morgan fingerprint density at radius 2 is 1.74 bits per heavy atom. The maximum Gasteiger partial charge on any atom is 0.251 e. The van der Waals surface area contributed by atoms with E-state index in [2.05, 4.69) is 20.6 Å². The third-order valence-corrected chi connectivity index (χ3v) is 6.55. The van der Waals surface area contributed by atoms with Crippen molar-refractivity contribution >= 4 is 22.7 Å². The normalized spacial score (nSPS) is 11.8. The van der Waals surface area contributed by atoms with Crippen molar-refractivity contribution in [3.8, 4) is 11.1 Å². The van der Waals surface area contributed by atoms with E-state index >= 15 is 0 Å². The van der Waals surface area contributed by atoms with Gasteiger partial charge in [0.25, 0.3) is 5.91 Å². The average Bonchev–Trinajstić information content (AvgIpc) is 3.34. The Balaban J connectivity index is 1.51. The van der Waals surface area contributed by atoms with E-state index in [0.717, 1.165) is 28.1 Å². The molecule has 8 heteroatoms. The number of H-pyrrole nitrogens is 1. The summed E-state index contributed by atoms with van der Waals surface area (Å²) in [6, 6.07) is 21.0. The molecule has 6 nitrogen and oxygen atoms in total. The highest BCUT2D eigenvalue weighted by Crippen LogP contribution is 2.30. The molecule has 0 spiro atoms. The highest BCUT2D eigenvalue weighted by atomic mass is 19.1. The zero-order valence-corrected chi connectivity index (χ0v) is 21.2. The largest absolute Gasteiger partial charge is 0.361 e. The first-order valence-electron chi connectivity index (χ1n) is 12.5. The minimum atomic E-state index is -0.705. The topological polar surface area (TPSA) is 86.9 Å². The van der Waals surface area contributed by atoms with E-state index in [1.54, 1.807) is 43.7 Å². The van der Waals surface area contributed by atoms with Crippen LogP contribution in [0, 0.1) is 11.6 Å². The summed E-state index contributed by atoms with van der Waals surface area (Å²) >= 11 is 0. The van der Waals surface area contributed by atoms with E-state index in [1.165, 1.54) is 12.1 Å². The van der Waals surface area contributed by atoms with E-state index in [-0.39, 0.29) is 24.7 Å². The predicted molar refractivity (Wildman–Crippen MR) is 146 cm³/mol. The van der Waals surface area contributed by atoms with E-state index in [9.17, 15) is 18.4 Å². The molecule has 0 saturated heterocycles. The van der Waals surface area contributed by atoms with Crippen LogP contribution in [0.25, 0.3) is 22.0 Å². The van der Waals surface area contributed by atoms with Crippen LogP contribution in [0.15, 0.2) is 91.3 Å². The number of aromatic amines is 1. The molecule has 0 fully saturated rings. The number of aromatic nitrogens is 2. The lowest BCUT2D eigenvalue weighted by Crippen LogP contribution is -2.32. The molecule has 3 aromatic carbocycles. The van der Waals surface area contributed by atoms with Gasteiger partial charge in [0, 0.05) is 47.5 Å². The van der Waals surface area contributed by atoms with Gasteiger partial charge in [0.15, 0.2) is 0 Å². The summed E-state index contributed by atoms with van der Waals surface area (Å²) in [6.45, 7) is 0. The van der Waals surface area contributed by atoms with Crippen molar-refractivity contribution in [1.29, 1.82) is 0 Å². The fourth-order valence-corrected chi connectivity index (χ4v) is 4.79. The number of fused-ring (bicyclic) bond motifs is 1. The molecule has 5 rings (SSSR count). The van der Waals surface area contributed by atoms with Crippen molar-refractivity contribution < 1.29 is 18.4 Å². The van der Waals surface area contributed by atoms with Gasteiger partial charge in [-0.1, -0.05) is 36.4 Å². The minimum absolute atomic E-state index is 0.104. The molecule has 2 amide bonds. The molecule has 0 saturated carbocycles. The monoisotopic (exact) mass is 524 g/mol. The molecule has 3 N–H and O–H groups in total. The molecule has 0 aliphatic carbocycles. The number of nitrogens with one attached hydrogen (secondary N) is 3. The molecular formula is C31H26F2N4O2. The van der Waals surface area contributed by atoms with Gasteiger partial charge in [-0.05, 0) is 59.5 Å². The third kappa shape index (κ3) is 5.85. The molecular weight excluding hydrogens is 498 g/mol. The minimum Gasteiger partial charge on any atom is -0.361 e. The molecule has 1 atom stereocenters. The van der Waals surface area contributed by atoms with Crippen LogP contribution in [0.1, 0.15) is 33.2 Å². The first-order valence-corrected chi connectivity index (χ1v) is 12.5. The second-order valence-electron chi connectivity index (χ2n) is 9.23. The van der Waals surface area contributed by atoms with Crippen molar-refractivity contribution in [3.05, 3.63) is 125 Å². The predicted octanol–water partition coefficient (Wildman–Crippen LogP) is 5.51. The molecule has 196 valence electrons. The van der Waals surface area contributed by atoms with Gasteiger partial charge in [0.1, 0.15) is 11.6 Å². The molecule has 0 radical (unpaired) electrons. The van der Waals surface area contributed by atoms with Gasteiger partial charge in [0.2, 0.25) is 5.91 Å². The van der Waals surface area contributed by atoms with Crippen molar-refractivity contribution in [3.63, 3.8) is 0 Å². The number of para-hydroxylation sites is 1. The summed E-state index contributed by atoms with van der Waals surface area (Å²) in [5.41, 5.74) is 4.53. The second-order valence-corrected chi connectivity index (χ2v) is 9.23. The number of halogens is 2. The second kappa shape index (κ2) is 11.3. The Bertz CT molecular complexity index is 1640. The number of amides is 2. The first kappa shape index (κ1) is 25.8. The average molecular weight is 525 g/mol. The number of hydrogen-bond donors (Lipinski definition) is 3. The van der Waals surface area contributed by atoms with Crippen LogP contribution in [0.4, 0.5) is 8.78 Å². The number of pyridine rings is 1. The summed E-state index contributed by atoms with van der Waals surface area (Å²) in [6.07, 6.45) is 3.61. The van der Waals surface area contributed by atoms with Gasteiger partial charge in [-0.25, -0.2) is 8.78 Å². The van der Waals surface area contributed by atoms with Gasteiger partial charge in [0.05, 0.1) is 18.2 Å². The summed E-state index contributed by atoms with van der Waals surface area (Å²) in [5.74, 6) is -1.90. The molecule has 0 aliphatic heterocycles. The summed E-state index contributed by atoms with van der Waals surface area (Å²) in [5, 5.41) is 6.60. The van der Waals surface area contributed by atoms with Crippen LogP contribution in [0.2, 0.25) is 0 Å². The SMILES string of the molecule is CNC(=O)c1cccc(-c2cccnc2[C@H](Cc2cc(F)cc(F)c2)NC(=O)Cc2c[nH]c3ccccc23)c1. The summed E-state index contributed by atoms with van der Waals surface area (Å²) < 4.78 is 28.1. The molecule has 39 heavy (non-hydrogen) atoms. The summed E-state index contributed by atoms with van der Waals surface area (Å²) in [4.78, 5) is 33.3. The zero-order valence-electron chi connectivity index (χ0n) is 21.2. The van der Waals surface area contributed by atoms with Gasteiger partial charge in [-0.15, -0.1) is 0 Å². The standard InChI is InChI=1S/C31H26F2N4O2/c1-34-31(39)21-7-4-6-20(15-21)26-9-5-11-35-30(26)28(14-19-12-23(32)17-24(33)13-19)37-29(38)16-22-18-36-27-10-3-2-8-25(22)27/h2-13,15,17-18,28,36H,14,16H2,1H3,(H,34,39)(H,37,38)/t28-/m0/s1. The van der Waals surface area contributed by atoms with Gasteiger partial charge >= 0.3 is 0 Å². The third-order valence-electron chi connectivity index (χ3n) is 6.55. The lowest BCUT2D eigenvalue weighted by atomic mass is 9.94. The fourth-order valence-electron chi connectivity index (χ4n) is 4.79. The highest BCUT2D eigenvalue weighted by molar-refractivity contribution is 5.95. The molecule has 0 unspecified atom stereocenters. The van der Waals surface area contributed by atoms with Gasteiger partial charge in [-0.2, -0.15) is 0 Å². The highest BCUT2D eigenvalue weighted by Gasteiger charge is 2.22. The maximum atomic E-state index is 14.1. The molecule has 0 bridgehead atoms. The Labute approximate surface area is 224 Å². The number of nitrogens with zero attached hydrogens (tertiary/aromatic N) is 1. The van der Waals surface area contributed by atoms with Crippen molar-refractivity contribution in [2.75, 3.05) is 7.05 Å². The smallest absolute Gasteiger partial charge is 0.251 e. The number of carbonyl (C=O) groups is 2. The quantitative estimate of drug-likeness (QED) is 0.250. The Kier molecular flexibility index (Phi) is 7.45. The van der Waals surface area contributed by atoms with Crippen LogP contribution >= 0.6 is 0 Å². The maximum absolute atomic E-state index is 14.1. The zero-order chi connectivity index (χ0) is 27.4. The molecule has 5 aromatic rings. The molecule has 0 aliphatic rings. The Hall–Kier alpha value is -4.85. The lowest BCUT2D eigenvalue weighted by molar-refractivity contribution is -0.121. The molecule has 2 aromatic heterocycles. The van der Waals surface area contributed by atoms with E-state index in [4.69, 9.17) is 0 Å². The number of hydrogen-bond acceptors (Lipinski definition) is 3. The lowest BCUT2D eigenvalue weighted by Gasteiger charge is -2.22.